The van der Waals surface area contributed by atoms with Crippen molar-refractivity contribution in [3.05, 3.63) is 20.2 Å². The van der Waals surface area contributed by atoms with Gasteiger partial charge in [-0.2, -0.15) is 0 Å². The van der Waals surface area contributed by atoms with Gasteiger partial charge in [0.1, 0.15) is 0 Å². The van der Waals surface area contributed by atoms with E-state index in [1.54, 1.807) is 0 Å². The molecule has 0 aromatic heterocycles. The fourth-order valence-electron chi connectivity index (χ4n) is 0. The largest absolute Gasteiger partial charge is 0.329 e. The Morgan fingerprint density at radius 1 is 1.00 bits per heavy atom. The maximum Gasteiger partial charge on any atom is 0.291 e. The molecule has 11 heteroatoms. The number of hydrogen-bond acceptors (Lipinski definition) is 6. The van der Waals surface area contributed by atoms with Crippen LogP contribution in [0.3, 0.4) is 0 Å². The summed E-state index contributed by atoms with van der Waals surface area (Å²) in [5.74, 6) is 0. The fourth-order valence-corrected chi connectivity index (χ4v) is 0. The molecular formula is C2H10N4O6Pd. The average molecular weight is 293 g/mol. The third-order valence-electron chi connectivity index (χ3n) is 0.167. The molecule has 0 bridgehead atoms. The molecule has 0 aromatic carbocycles. The number of nitrogens with zero attached hydrogens (tertiary/aromatic N) is 2. The van der Waals surface area contributed by atoms with Gasteiger partial charge in [0.05, 0.1) is 0 Å². The number of nitrogens with two attached hydrogens (primary N) is 2. The van der Waals surface area contributed by atoms with Gasteiger partial charge in [-0.3, -0.25) is 0 Å². The maximum absolute atomic E-state index is 8.36. The zero-order chi connectivity index (χ0) is 10.6. The van der Waals surface area contributed by atoms with Crippen LogP contribution in [-0.4, -0.2) is 33.7 Å². The summed E-state index contributed by atoms with van der Waals surface area (Å²) in [6.07, 6.45) is 0. The topological polar surface area (TPSA) is 179 Å². The van der Waals surface area contributed by atoms with Gasteiger partial charge in [0.25, 0.3) is 10.2 Å². The van der Waals surface area contributed by atoms with Crippen molar-refractivity contribution >= 4 is 0 Å². The summed E-state index contributed by atoms with van der Waals surface area (Å²) in [5, 5.41) is 27.3. The molecule has 0 saturated carbocycles. The minimum Gasteiger partial charge on any atom is -0.329 e. The Kier molecular flexibility index (Phi) is 39.2. The molecule has 0 fully saturated rings. The predicted molar refractivity (Wildman–Crippen MR) is 35.7 cm³/mol. The molecule has 84 valence electrons. The first-order valence-corrected chi connectivity index (χ1v) is 2.45. The first kappa shape index (κ1) is 22.7. The van der Waals surface area contributed by atoms with Crippen LogP contribution in [0.25, 0.3) is 0 Å². The van der Waals surface area contributed by atoms with E-state index in [0.29, 0.717) is 13.1 Å². The van der Waals surface area contributed by atoms with Crippen LogP contribution in [0.15, 0.2) is 0 Å². The standard InChI is InChI=1S/C2H8N2.2HNO3.Pd/c3-1-2-4;2*2-1(3)4;/h1-4H2;2*(H,2,3,4);. The van der Waals surface area contributed by atoms with Gasteiger partial charge < -0.3 is 21.9 Å². The van der Waals surface area contributed by atoms with Gasteiger partial charge in [-0.05, 0) is 0 Å². The van der Waals surface area contributed by atoms with Crippen molar-refractivity contribution in [1.82, 2.24) is 0 Å². The monoisotopic (exact) mass is 292 g/mol. The molecule has 6 N–H and O–H groups in total. The minimum absolute atomic E-state index is 0. The summed E-state index contributed by atoms with van der Waals surface area (Å²) in [6.45, 7) is 1.19. The summed E-state index contributed by atoms with van der Waals surface area (Å²) < 4.78 is 0. The zero-order valence-electron chi connectivity index (χ0n) is 6.31. The Balaban J connectivity index is -0.0000000450. The molecule has 10 nitrogen and oxygen atoms in total. The summed E-state index contributed by atoms with van der Waals surface area (Å²) >= 11 is 0. The molecule has 0 aromatic rings. The van der Waals surface area contributed by atoms with E-state index in [-0.39, 0.29) is 20.4 Å². The normalized spacial score (nSPS) is 6.00. The van der Waals surface area contributed by atoms with E-state index >= 15 is 0 Å². The molecule has 0 rings (SSSR count). The van der Waals surface area contributed by atoms with Crippen LogP contribution in [0.1, 0.15) is 0 Å². The smallest absolute Gasteiger partial charge is 0.291 e. The second-order valence-electron chi connectivity index (χ2n) is 1.05. The van der Waals surface area contributed by atoms with Gasteiger partial charge in [-0.1, -0.05) is 0 Å². The van der Waals surface area contributed by atoms with Gasteiger partial charge in [0.15, 0.2) is 0 Å². The van der Waals surface area contributed by atoms with Gasteiger partial charge >= 0.3 is 0 Å². The van der Waals surface area contributed by atoms with Gasteiger partial charge in [-0.25, -0.2) is 0 Å². The Morgan fingerprint density at radius 3 is 1.08 bits per heavy atom. The van der Waals surface area contributed by atoms with Crippen LogP contribution >= 0.6 is 0 Å². The molecule has 0 atom stereocenters. The van der Waals surface area contributed by atoms with E-state index in [9.17, 15) is 0 Å². The van der Waals surface area contributed by atoms with Gasteiger partial charge in [0, 0.05) is 33.5 Å². The SMILES string of the molecule is NCCN.O=[N+]([O-])O.O=[N+]([O-])O.[Pd]. The Hall–Kier alpha value is -1.02. The van der Waals surface area contributed by atoms with Crippen LogP contribution in [0.5, 0.6) is 0 Å². The first-order chi connectivity index (χ1) is 5.38. The quantitative estimate of drug-likeness (QED) is 0.248. The average Bonchev–Trinajstić information content (AvgIpc) is 1.85. The predicted octanol–water partition coefficient (Wildman–Crippen LogP) is -1.79. The molecule has 13 heavy (non-hydrogen) atoms. The van der Waals surface area contributed by atoms with Crippen molar-refractivity contribution in [2.45, 2.75) is 0 Å². The van der Waals surface area contributed by atoms with E-state index < -0.39 is 10.2 Å². The molecule has 0 amide bonds. The molecule has 0 aliphatic carbocycles. The van der Waals surface area contributed by atoms with Crippen molar-refractivity contribution in [2.75, 3.05) is 13.1 Å². The number of hydrogen-bond donors (Lipinski definition) is 4. The molecule has 0 saturated heterocycles. The van der Waals surface area contributed by atoms with E-state index in [1.807, 2.05) is 0 Å². The van der Waals surface area contributed by atoms with Crippen LogP contribution in [0.4, 0.5) is 0 Å². The van der Waals surface area contributed by atoms with Crippen LogP contribution < -0.4 is 11.5 Å². The third kappa shape index (κ3) is 2840000. The first-order valence-electron chi connectivity index (χ1n) is 2.45. The van der Waals surface area contributed by atoms with Crippen LogP contribution in [0, 0.1) is 20.2 Å². The summed E-state index contributed by atoms with van der Waals surface area (Å²) in [7, 11) is 0. The van der Waals surface area contributed by atoms with Crippen molar-refractivity contribution in [3.63, 3.8) is 0 Å². The second-order valence-corrected chi connectivity index (χ2v) is 1.05. The van der Waals surface area contributed by atoms with Crippen molar-refractivity contribution in [3.8, 4) is 0 Å². The summed E-state index contributed by atoms with van der Waals surface area (Å²) in [6, 6.07) is 0. The molecule has 0 unspecified atom stereocenters. The summed E-state index contributed by atoms with van der Waals surface area (Å²) in [4.78, 5) is 16.7. The molecule has 0 aliphatic rings. The van der Waals surface area contributed by atoms with E-state index in [4.69, 9.17) is 42.1 Å². The molecule has 0 spiro atoms. The zero-order valence-corrected chi connectivity index (χ0v) is 7.86. The van der Waals surface area contributed by atoms with E-state index in [1.165, 1.54) is 0 Å². The van der Waals surface area contributed by atoms with Crippen LogP contribution in [-0.2, 0) is 20.4 Å². The van der Waals surface area contributed by atoms with E-state index in [2.05, 4.69) is 0 Å². The molecular weight excluding hydrogens is 282 g/mol. The summed E-state index contributed by atoms with van der Waals surface area (Å²) in [5.41, 5.74) is 9.81. The Bertz CT molecular complexity index is 99.2. The Labute approximate surface area is 86.4 Å². The Morgan fingerprint density at radius 2 is 1.08 bits per heavy atom. The molecule has 0 aliphatic heterocycles. The number of rotatable bonds is 1. The minimum atomic E-state index is -1.50. The van der Waals surface area contributed by atoms with Crippen LogP contribution in [0.2, 0.25) is 0 Å². The van der Waals surface area contributed by atoms with Crippen molar-refractivity contribution < 1.29 is 41.0 Å². The van der Waals surface area contributed by atoms with E-state index in [0.717, 1.165) is 0 Å². The van der Waals surface area contributed by atoms with Gasteiger partial charge in [-0.15, -0.1) is 20.2 Å². The third-order valence-corrected chi connectivity index (χ3v) is 0.167. The van der Waals surface area contributed by atoms with Crippen molar-refractivity contribution in [1.29, 1.82) is 0 Å². The van der Waals surface area contributed by atoms with Gasteiger partial charge in [0.2, 0.25) is 0 Å². The fraction of sp³-hybridized carbons (Fsp3) is 1.00. The second kappa shape index (κ2) is 22.4. The molecule has 0 heterocycles. The molecule has 0 radical (unpaired) electrons. The maximum atomic E-state index is 8.36. The van der Waals surface area contributed by atoms with Crippen molar-refractivity contribution in [2.24, 2.45) is 11.5 Å².